The van der Waals surface area contributed by atoms with Crippen LogP contribution in [0.15, 0.2) is 72.1 Å². The van der Waals surface area contributed by atoms with Crippen molar-refractivity contribution in [3.05, 3.63) is 78.4 Å². The van der Waals surface area contributed by atoms with E-state index in [1.54, 1.807) is 12.1 Å². The summed E-state index contributed by atoms with van der Waals surface area (Å²) in [5.74, 6) is 0.271. The lowest BCUT2D eigenvalue weighted by Crippen LogP contribution is -2.33. The van der Waals surface area contributed by atoms with Gasteiger partial charge in [0.2, 0.25) is 10.0 Å². The van der Waals surface area contributed by atoms with Crippen molar-refractivity contribution in [3.63, 3.8) is 0 Å². The predicted octanol–water partition coefficient (Wildman–Crippen LogP) is 5.58. The average Bonchev–Trinajstić information content (AvgIpc) is 2.72. The van der Waals surface area contributed by atoms with Gasteiger partial charge in [0, 0.05) is 6.54 Å². The van der Waals surface area contributed by atoms with Gasteiger partial charge >= 0.3 is 0 Å². The largest absolute Gasteiger partial charge is 0.240 e. The summed E-state index contributed by atoms with van der Waals surface area (Å²) in [6, 6.07) is 17.5. The summed E-state index contributed by atoms with van der Waals surface area (Å²) in [7, 11) is -3.49. The van der Waals surface area contributed by atoms with Gasteiger partial charge in [-0.05, 0) is 55.2 Å². The van der Waals surface area contributed by atoms with E-state index in [2.05, 4.69) is 41.6 Å². The Morgan fingerprint density at radius 3 is 2.29 bits per heavy atom. The van der Waals surface area contributed by atoms with Crippen molar-refractivity contribution in [2.24, 2.45) is 5.41 Å². The lowest BCUT2D eigenvalue weighted by atomic mass is 9.63. The Hall–Kier alpha value is -1.91. The van der Waals surface area contributed by atoms with E-state index < -0.39 is 10.0 Å². The fraction of sp³-hybridized carbons (Fsp3) is 0.417. The first-order valence-electron chi connectivity index (χ1n) is 10.2. The molecule has 4 heteroatoms. The lowest BCUT2D eigenvalue weighted by Gasteiger charge is -2.42. The SMILES string of the molecule is C=CC1(C(CCNS(=O)(=O)c2ccc(C)cc2)c2ccccc2)CCCCC1. The first-order valence-corrected chi connectivity index (χ1v) is 11.7. The monoisotopic (exact) mass is 397 g/mol. The van der Waals surface area contributed by atoms with Crippen LogP contribution in [0.25, 0.3) is 0 Å². The maximum atomic E-state index is 12.7. The number of nitrogens with one attached hydrogen (secondary N) is 1. The third kappa shape index (κ3) is 4.73. The van der Waals surface area contributed by atoms with Crippen LogP contribution < -0.4 is 4.72 Å². The number of hydrogen-bond acceptors (Lipinski definition) is 2. The molecule has 0 amide bonds. The maximum absolute atomic E-state index is 12.7. The molecule has 2 aromatic carbocycles. The van der Waals surface area contributed by atoms with E-state index in [0.29, 0.717) is 11.4 Å². The van der Waals surface area contributed by atoms with Crippen LogP contribution in [0.1, 0.15) is 55.6 Å². The van der Waals surface area contributed by atoms with Crippen LogP contribution >= 0.6 is 0 Å². The molecule has 1 N–H and O–H groups in total. The maximum Gasteiger partial charge on any atom is 0.240 e. The Labute approximate surface area is 169 Å². The second kappa shape index (κ2) is 9.06. The fourth-order valence-electron chi connectivity index (χ4n) is 4.51. The molecule has 3 rings (SSSR count). The lowest BCUT2D eigenvalue weighted by molar-refractivity contribution is 0.199. The van der Waals surface area contributed by atoms with Gasteiger partial charge in [-0.2, -0.15) is 0 Å². The molecule has 1 saturated carbocycles. The molecule has 1 fully saturated rings. The van der Waals surface area contributed by atoms with Crippen molar-refractivity contribution in [2.45, 2.75) is 56.3 Å². The molecule has 1 unspecified atom stereocenters. The van der Waals surface area contributed by atoms with Gasteiger partial charge in [0.1, 0.15) is 0 Å². The van der Waals surface area contributed by atoms with Crippen molar-refractivity contribution in [3.8, 4) is 0 Å². The summed E-state index contributed by atoms with van der Waals surface area (Å²) in [6.07, 6.45) is 8.85. The normalized spacial score (nSPS) is 17.8. The zero-order valence-corrected chi connectivity index (χ0v) is 17.5. The van der Waals surface area contributed by atoms with E-state index in [-0.39, 0.29) is 11.3 Å². The van der Waals surface area contributed by atoms with E-state index in [4.69, 9.17) is 0 Å². The highest BCUT2D eigenvalue weighted by atomic mass is 32.2. The van der Waals surface area contributed by atoms with Crippen LogP contribution in [0.3, 0.4) is 0 Å². The van der Waals surface area contributed by atoms with E-state index in [1.165, 1.54) is 24.8 Å². The van der Waals surface area contributed by atoms with E-state index in [0.717, 1.165) is 24.8 Å². The molecule has 0 bridgehead atoms. The predicted molar refractivity (Wildman–Crippen MR) is 116 cm³/mol. The van der Waals surface area contributed by atoms with Crippen LogP contribution in [0, 0.1) is 12.3 Å². The smallest absolute Gasteiger partial charge is 0.211 e. The summed E-state index contributed by atoms with van der Waals surface area (Å²) >= 11 is 0. The molecule has 1 aliphatic carbocycles. The van der Waals surface area contributed by atoms with E-state index >= 15 is 0 Å². The number of benzene rings is 2. The highest BCUT2D eigenvalue weighted by Crippen LogP contribution is 2.49. The molecule has 28 heavy (non-hydrogen) atoms. The molecule has 150 valence electrons. The van der Waals surface area contributed by atoms with Gasteiger partial charge in [-0.1, -0.05) is 73.4 Å². The molecule has 0 aliphatic heterocycles. The highest BCUT2D eigenvalue weighted by molar-refractivity contribution is 7.89. The van der Waals surface area contributed by atoms with Gasteiger partial charge in [0.25, 0.3) is 0 Å². The highest BCUT2D eigenvalue weighted by Gasteiger charge is 2.37. The zero-order chi connectivity index (χ0) is 20.0. The van der Waals surface area contributed by atoms with Crippen LogP contribution in [0.2, 0.25) is 0 Å². The van der Waals surface area contributed by atoms with Gasteiger partial charge < -0.3 is 0 Å². The minimum atomic E-state index is -3.49. The fourth-order valence-corrected chi connectivity index (χ4v) is 5.56. The minimum Gasteiger partial charge on any atom is -0.211 e. The number of hydrogen-bond donors (Lipinski definition) is 1. The van der Waals surface area contributed by atoms with Crippen LogP contribution in [-0.2, 0) is 10.0 Å². The molecule has 3 nitrogen and oxygen atoms in total. The van der Waals surface area contributed by atoms with Crippen molar-refractivity contribution in [1.82, 2.24) is 4.72 Å². The average molecular weight is 398 g/mol. The van der Waals surface area contributed by atoms with Gasteiger partial charge in [-0.25, -0.2) is 13.1 Å². The Kier molecular flexibility index (Phi) is 6.73. The van der Waals surface area contributed by atoms with Gasteiger partial charge in [-0.3, -0.25) is 0 Å². The molecule has 1 atom stereocenters. The zero-order valence-electron chi connectivity index (χ0n) is 16.7. The Morgan fingerprint density at radius 2 is 1.68 bits per heavy atom. The van der Waals surface area contributed by atoms with Gasteiger partial charge in [-0.15, -0.1) is 6.58 Å². The Balaban J connectivity index is 1.77. The second-order valence-electron chi connectivity index (χ2n) is 7.96. The quantitative estimate of drug-likeness (QED) is 0.591. The number of rotatable bonds is 8. The molecule has 0 heterocycles. The van der Waals surface area contributed by atoms with Crippen molar-refractivity contribution in [2.75, 3.05) is 6.54 Å². The molecule has 0 aromatic heterocycles. The van der Waals surface area contributed by atoms with E-state index in [9.17, 15) is 8.42 Å². The van der Waals surface area contributed by atoms with Crippen molar-refractivity contribution < 1.29 is 8.42 Å². The van der Waals surface area contributed by atoms with Crippen molar-refractivity contribution >= 4 is 10.0 Å². The standard InChI is InChI=1S/C24H31NO2S/c1-3-24(17-8-5-9-18-24)23(21-10-6-4-7-11-21)16-19-25-28(26,27)22-14-12-20(2)13-15-22/h3-4,6-7,10-15,23,25H,1,5,8-9,16-19H2,2H3. The molecule has 1 aliphatic rings. The summed E-state index contributed by atoms with van der Waals surface area (Å²) in [5, 5.41) is 0. The van der Waals surface area contributed by atoms with Crippen molar-refractivity contribution in [1.29, 1.82) is 0 Å². The Bertz CT molecular complexity index is 867. The molecule has 2 aromatic rings. The van der Waals surface area contributed by atoms with Gasteiger partial charge in [0.15, 0.2) is 0 Å². The summed E-state index contributed by atoms with van der Waals surface area (Å²) in [6.45, 7) is 6.55. The summed E-state index contributed by atoms with van der Waals surface area (Å²) in [5.41, 5.74) is 2.38. The summed E-state index contributed by atoms with van der Waals surface area (Å²) < 4.78 is 28.1. The first kappa shape index (κ1) is 20.8. The molecule has 0 saturated heterocycles. The summed E-state index contributed by atoms with van der Waals surface area (Å²) in [4.78, 5) is 0.325. The molecule has 0 radical (unpaired) electrons. The van der Waals surface area contributed by atoms with Crippen LogP contribution in [0.4, 0.5) is 0 Å². The van der Waals surface area contributed by atoms with Crippen LogP contribution in [0.5, 0.6) is 0 Å². The van der Waals surface area contributed by atoms with Crippen LogP contribution in [-0.4, -0.2) is 15.0 Å². The third-order valence-corrected chi connectivity index (χ3v) is 7.62. The number of allylic oxidation sites excluding steroid dienone is 1. The Morgan fingerprint density at radius 1 is 1.04 bits per heavy atom. The molecule has 0 spiro atoms. The van der Waals surface area contributed by atoms with E-state index in [1.807, 2.05) is 25.1 Å². The topological polar surface area (TPSA) is 46.2 Å². The first-order chi connectivity index (χ1) is 13.5. The molecular weight excluding hydrogens is 366 g/mol. The third-order valence-electron chi connectivity index (χ3n) is 6.14. The number of sulfonamides is 1. The second-order valence-corrected chi connectivity index (χ2v) is 9.73. The van der Waals surface area contributed by atoms with Gasteiger partial charge in [0.05, 0.1) is 4.90 Å². The molecular formula is C24H31NO2S. The minimum absolute atomic E-state index is 0.0505. The number of aryl methyl sites for hydroxylation is 1.